The molecule has 3 aromatic rings. The monoisotopic (exact) mass is 580 g/mol. The zero-order chi connectivity index (χ0) is 29.9. The number of aliphatic carboxylic acids is 1. The van der Waals surface area contributed by atoms with Crippen LogP contribution in [0.5, 0.6) is 0 Å². The molecule has 12 heteroatoms. The van der Waals surface area contributed by atoms with Crippen molar-refractivity contribution in [2.75, 3.05) is 6.54 Å². The first-order valence-corrected chi connectivity index (χ1v) is 14.7. The van der Waals surface area contributed by atoms with Gasteiger partial charge in [0.15, 0.2) is 0 Å². The topological polar surface area (TPSA) is 176 Å². The standard InChI is InChI=1S/C29H32N4O7S/c1-17(2)13-25(26(34)31-16-18-7-9-21(10-8-18)41(30,39)40)32-24(29(37)38)11-12-33-27(35)22-14-19-5-3-4-6-20(19)15-23(22)28(33)36/h3-10,14-15,17,24-25,32H,11-13,16H2,1-2H3,(H,31,34)(H,37,38)(H2,30,39,40). The van der Waals surface area contributed by atoms with Gasteiger partial charge in [0.05, 0.1) is 22.1 Å². The van der Waals surface area contributed by atoms with Gasteiger partial charge in [0, 0.05) is 13.1 Å². The first-order valence-electron chi connectivity index (χ1n) is 13.1. The lowest BCUT2D eigenvalue weighted by molar-refractivity contribution is -0.140. The first-order chi connectivity index (χ1) is 19.3. The number of nitrogens with two attached hydrogens (primary N) is 1. The van der Waals surface area contributed by atoms with Gasteiger partial charge in [-0.3, -0.25) is 29.4 Å². The quantitative estimate of drug-likeness (QED) is 0.236. The minimum Gasteiger partial charge on any atom is -0.480 e. The number of carbonyl (C=O) groups is 4. The molecule has 3 aromatic carbocycles. The summed E-state index contributed by atoms with van der Waals surface area (Å²) >= 11 is 0. The number of nitrogens with zero attached hydrogens (tertiary/aromatic N) is 1. The van der Waals surface area contributed by atoms with Gasteiger partial charge in [0.25, 0.3) is 11.8 Å². The Morgan fingerprint density at radius 3 is 1.98 bits per heavy atom. The Bertz CT molecular complexity index is 1550. The highest BCUT2D eigenvalue weighted by Gasteiger charge is 2.37. The van der Waals surface area contributed by atoms with E-state index in [1.165, 1.54) is 24.3 Å². The van der Waals surface area contributed by atoms with Gasteiger partial charge in [0.1, 0.15) is 6.04 Å². The fourth-order valence-electron chi connectivity index (χ4n) is 4.79. The van der Waals surface area contributed by atoms with Gasteiger partial charge in [-0.15, -0.1) is 0 Å². The van der Waals surface area contributed by atoms with E-state index in [-0.39, 0.29) is 41.5 Å². The Hall–Kier alpha value is -4.13. The second kappa shape index (κ2) is 12.2. The number of benzene rings is 3. The Morgan fingerprint density at radius 1 is 0.927 bits per heavy atom. The van der Waals surface area contributed by atoms with Crippen LogP contribution in [0.25, 0.3) is 10.8 Å². The molecule has 0 aliphatic carbocycles. The van der Waals surface area contributed by atoms with Crippen molar-refractivity contribution in [1.29, 1.82) is 0 Å². The molecular weight excluding hydrogens is 548 g/mol. The summed E-state index contributed by atoms with van der Waals surface area (Å²) in [4.78, 5) is 52.3. The van der Waals surface area contributed by atoms with Crippen LogP contribution in [-0.2, 0) is 26.2 Å². The van der Waals surface area contributed by atoms with Crippen molar-refractivity contribution in [3.63, 3.8) is 0 Å². The van der Waals surface area contributed by atoms with Crippen LogP contribution < -0.4 is 15.8 Å². The summed E-state index contributed by atoms with van der Waals surface area (Å²) in [6, 6.07) is 14.4. The van der Waals surface area contributed by atoms with Crippen LogP contribution in [0.1, 0.15) is 53.0 Å². The van der Waals surface area contributed by atoms with Crippen molar-refractivity contribution in [3.8, 4) is 0 Å². The van der Waals surface area contributed by atoms with Crippen LogP contribution in [0.15, 0.2) is 65.6 Å². The third kappa shape index (κ3) is 6.96. The smallest absolute Gasteiger partial charge is 0.320 e. The number of primary sulfonamides is 1. The number of rotatable bonds is 12. The van der Waals surface area contributed by atoms with Gasteiger partial charge in [-0.1, -0.05) is 50.2 Å². The van der Waals surface area contributed by atoms with Crippen LogP contribution in [0, 0.1) is 5.92 Å². The highest BCUT2D eigenvalue weighted by Crippen LogP contribution is 2.28. The summed E-state index contributed by atoms with van der Waals surface area (Å²) in [6.45, 7) is 3.74. The van der Waals surface area contributed by atoms with E-state index in [1.54, 1.807) is 12.1 Å². The van der Waals surface area contributed by atoms with E-state index >= 15 is 0 Å². The average Bonchev–Trinajstić information content (AvgIpc) is 3.15. The van der Waals surface area contributed by atoms with E-state index in [0.717, 1.165) is 15.7 Å². The summed E-state index contributed by atoms with van der Waals surface area (Å²) in [5, 5.41) is 22.3. The van der Waals surface area contributed by atoms with Crippen molar-refractivity contribution in [2.24, 2.45) is 11.1 Å². The summed E-state index contributed by atoms with van der Waals surface area (Å²) in [7, 11) is -3.84. The van der Waals surface area contributed by atoms with Gasteiger partial charge < -0.3 is 10.4 Å². The maximum atomic E-state index is 13.1. The molecule has 0 saturated heterocycles. The summed E-state index contributed by atoms with van der Waals surface area (Å²) in [5.74, 6) is -2.57. The van der Waals surface area contributed by atoms with Gasteiger partial charge in [-0.05, 0) is 59.4 Å². The minimum atomic E-state index is -3.84. The lowest BCUT2D eigenvalue weighted by atomic mass is 10.0. The second-order valence-corrected chi connectivity index (χ2v) is 12.0. The third-order valence-corrected chi connectivity index (χ3v) is 7.85. The van der Waals surface area contributed by atoms with E-state index in [4.69, 9.17) is 5.14 Å². The lowest BCUT2D eigenvalue weighted by Crippen LogP contribution is -2.52. The van der Waals surface area contributed by atoms with E-state index in [2.05, 4.69) is 10.6 Å². The van der Waals surface area contributed by atoms with E-state index < -0.39 is 45.8 Å². The zero-order valence-corrected chi connectivity index (χ0v) is 23.5. The van der Waals surface area contributed by atoms with Crippen LogP contribution in [0.4, 0.5) is 0 Å². The van der Waals surface area contributed by atoms with Gasteiger partial charge >= 0.3 is 5.97 Å². The number of imide groups is 1. The summed E-state index contributed by atoms with van der Waals surface area (Å²) in [5.41, 5.74) is 1.19. The minimum absolute atomic E-state index is 0.0482. The molecule has 1 aliphatic heterocycles. The maximum absolute atomic E-state index is 13.1. The number of sulfonamides is 1. The molecule has 0 spiro atoms. The Morgan fingerprint density at radius 2 is 1.49 bits per heavy atom. The fourth-order valence-corrected chi connectivity index (χ4v) is 5.31. The van der Waals surface area contributed by atoms with E-state index in [9.17, 15) is 32.7 Å². The molecule has 4 rings (SSSR count). The van der Waals surface area contributed by atoms with Gasteiger partial charge in [-0.25, -0.2) is 13.6 Å². The van der Waals surface area contributed by atoms with Crippen LogP contribution in [-0.4, -0.2) is 60.7 Å². The molecule has 1 heterocycles. The highest BCUT2D eigenvalue weighted by molar-refractivity contribution is 7.89. The van der Waals surface area contributed by atoms with Crippen molar-refractivity contribution in [1.82, 2.24) is 15.5 Å². The number of carboxylic acid groups (broad SMARTS) is 1. The molecule has 0 fully saturated rings. The lowest BCUT2D eigenvalue weighted by Gasteiger charge is -2.25. The molecule has 216 valence electrons. The molecule has 3 amide bonds. The van der Waals surface area contributed by atoms with Gasteiger partial charge in [-0.2, -0.15) is 0 Å². The Balaban J connectivity index is 1.42. The van der Waals surface area contributed by atoms with Crippen molar-refractivity contribution >= 4 is 44.5 Å². The van der Waals surface area contributed by atoms with Crippen LogP contribution in [0.3, 0.4) is 0 Å². The van der Waals surface area contributed by atoms with Crippen LogP contribution in [0.2, 0.25) is 0 Å². The van der Waals surface area contributed by atoms with Gasteiger partial charge in [0.2, 0.25) is 15.9 Å². The zero-order valence-electron chi connectivity index (χ0n) is 22.7. The molecule has 41 heavy (non-hydrogen) atoms. The number of carbonyl (C=O) groups excluding carboxylic acids is 3. The van der Waals surface area contributed by atoms with Crippen molar-refractivity contribution in [3.05, 3.63) is 77.4 Å². The molecule has 11 nitrogen and oxygen atoms in total. The number of amides is 3. The molecule has 2 unspecified atom stereocenters. The normalized spacial score (nSPS) is 14.8. The number of nitrogens with one attached hydrogen (secondary N) is 2. The SMILES string of the molecule is CC(C)CC(NC(CCN1C(=O)c2cc3ccccc3cc2C1=O)C(=O)O)C(=O)NCc1ccc(S(N)(=O)=O)cc1. The molecule has 0 bridgehead atoms. The molecule has 0 saturated carbocycles. The summed E-state index contributed by atoms with van der Waals surface area (Å²) < 4.78 is 22.9. The van der Waals surface area contributed by atoms with E-state index in [0.29, 0.717) is 12.0 Å². The summed E-state index contributed by atoms with van der Waals surface area (Å²) in [6.07, 6.45) is 0.233. The van der Waals surface area contributed by atoms with Crippen molar-refractivity contribution < 1.29 is 32.7 Å². The average molecular weight is 581 g/mol. The third-order valence-electron chi connectivity index (χ3n) is 6.92. The largest absolute Gasteiger partial charge is 0.480 e. The molecule has 2 atom stereocenters. The second-order valence-electron chi connectivity index (χ2n) is 10.4. The maximum Gasteiger partial charge on any atom is 0.320 e. The number of hydrogen-bond acceptors (Lipinski definition) is 7. The fraction of sp³-hybridized carbons (Fsp3) is 0.310. The Labute approximate surface area is 237 Å². The molecule has 0 radical (unpaired) electrons. The first kappa shape index (κ1) is 29.8. The molecular formula is C29H32N4O7S. The molecule has 5 N–H and O–H groups in total. The highest BCUT2D eigenvalue weighted by atomic mass is 32.2. The molecule has 1 aliphatic rings. The van der Waals surface area contributed by atoms with E-state index in [1.807, 2.05) is 38.1 Å². The number of fused-ring (bicyclic) bond motifs is 2. The Kier molecular flexibility index (Phi) is 8.86. The number of hydrogen-bond donors (Lipinski definition) is 4. The molecule has 0 aromatic heterocycles. The van der Waals surface area contributed by atoms with Crippen LogP contribution >= 0.6 is 0 Å². The predicted molar refractivity (Wildman–Crippen MR) is 151 cm³/mol. The van der Waals surface area contributed by atoms with Crippen molar-refractivity contribution in [2.45, 2.75) is 50.2 Å². The number of carboxylic acids is 1. The predicted octanol–water partition coefficient (Wildman–Crippen LogP) is 2.25.